The summed E-state index contributed by atoms with van der Waals surface area (Å²) in [5.74, 6) is -1.68. The monoisotopic (exact) mass is 522 g/mol. The predicted molar refractivity (Wildman–Crippen MR) is 124 cm³/mol. The van der Waals surface area contributed by atoms with Crippen LogP contribution in [-0.2, 0) is 6.18 Å². The molecule has 35 heavy (non-hydrogen) atoms. The highest BCUT2D eigenvalue weighted by Crippen LogP contribution is 2.41. The Kier molecular flexibility index (Phi) is 6.64. The molecule has 0 saturated carbocycles. The van der Waals surface area contributed by atoms with E-state index in [1.54, 1.807) is 42.6 Å². The van der Waals surface area contributed by atoms with Crippen molar-refractivity contribution in [2.75, 3.05) is 7.11 Å². The number of aromatic nitrogens is 2. The number of carboxylic acid groups (broad SMARTS) is 1. The molecule has 0 radical (unpaired) electrons. The summed E-state index contributed by atoms with van der Waals surface area (Å²) >= 11 is 12.2. The fourth-order valence-electron chi connectivity index (χ4n) is 3.28. The van der Waals surface area contributed by atoms with Gasteiger partial charge in [-0.2, -0.15) is 13.2 Å². The number of rotatable bonds is 6. The van der Waals surface area contributed by atoms with Crippen LogP contribution in [-0.4, -0.2) is 28.0 Å². The predicted octanol–water partition coefficient (Wildman–Crippen LogP) is 7.36. The van der Waals surface area contributed by atoms with Gasteiger partial charge in [0.25, 0.3) is 0 Å². The van der Waals surface area contributed by atoms with Crippen LogP contribution in [0.25, 0.3) is 16.8 Å². The first-order valence-corrected chi connectivity index (χ1v) is 10.6. The number of aromatic carboxylic acids is 1. The van der Waals surface area contributed by atoms with Crippen molar-refractivity contribution in [2.24, 2.45) is 0 Å². The lowest BCUT2D eigenvalue weighted by molar-refractivity contribution is -0.138. The summed E-state index contributed by atoms with van der Waals surface area (Å²) in [7, 11) is 1.50. The zero-order valence-electron chi connectivity index (χ0n) is 17.8. The molecule has 6 nitrogen and oxygen atoms in total. The highest BCUT2D eigenvalue weighted by Gasteiger charge is 2.36. The average molecular weight is 523 g/mol. The molecule has 0 unspecified atom stereocenters. The number of benzene rings is 3. The third-order valence-corrected chi connectivity index (χ3v) is 5.37. The molecule has 0 aliphatic rings. The van der Waals surface area contributed by atoms with E-state index >= 15 is 0 Å². The smallest absolute Gasteiger partial charge is 0.420 e. The van der Waals surface area contributed by atoms with E-state index in [1.807, 2.05) is 0 Å². The van der Waals surface area contributed by atoms with Gasteiger partial charge in [-0.15, -0.1) is 5.10 Å². The van der Waals surface area contributed by atoms with Crippen LogP contribution in [0.4, 0.5) is 13.2 Å². The molecule has 0 fully saturated rings. The first-order chi connectivity index (χ1) is 16.5. The van der Waals surface area contributed by atoms with E-state index in [-0.39, 0.29) is 5.88 Å². The largest absolute Gasteiger partial charge is 0.497 e. The molecule has 4 aromatic rings. The van der Waals surface area contributed by atoms with Gasteiger partial charge in [-0.05, 0) is 54.1 Å². The van der Waals surface area contributed by atoms with Gasteiger partial charge in [0.2, 0.25) is 5.88 Å². The van der Waals surface area contributed by atoms with E-state index < -0.39 is 29.0 Å². The quantitative estimate of drug-likeness (QED) is 0.286. The number of carboxylic acids is 1. The van der Waals surface area contributed by atoms with Gasteiger partial charge in [0.05, 0.1) is 29.5 Å². The van der Waals surface area contributed by atoms with Crippen LogP contribution in [0.3, 0.4) is 0 Å². The molecule has 0 amide bonds. The Hall–Kier alpha value is -3.69. The molecular weight excluding hydrogens is 508 g/mol. The van der Waals surface area contributed by atoms with Crippen LogP contribution in [0.2, 0.25) is 10.0 Å². The third kappa shape index (κ3) is 5.36. The zero-order chi connectivity index (χ0) is 25.3. The van der Waals surface area contributed by atoms with Crippen LogP contribution in [0.15, 0.2) is 66.9 Å². The molecule has 1 heterocycles. The van der Waals surface area contributed by atoms with E-state index in [0.29, 0.717) is 38.7 Å². The van der Waals surface area contributed by atoms with Crippen molar-refractivity contribution in [1.29, 1.82) is 0 Å². The Morgan fingerprint density at radius 1 is 1.00 bits per heavy atom. The van der Waals surface area contributed by atoms with E-state index in [1.165, 1.54) is 17.9 Å². The van der Waals surface area contributed by atoms with Gasteiger partial charge in [0, 0.05) is 16.2 Å². The van der Waals surface area contributed by atoms with Crippen molar-refractivity contribution < 1.29 is 32.5 Å². The summed E-state index contributed by atoms with van der Waals surface area (Å²) in [6.07, 6.45) is -3.32. The fourth-order valence-corrected chi connectivity index (χ4v) is 3.80. The molecule has 0 saturated heterocycles. The summed E-state index contributed by atoms with van der Waals surface area (Å²) < 4.78 is 53.3. The lowest BCUT2D eigenvalue weighted by Gasteiger charge is -2.14. The molecule has 1 aromatic heterocycles. The maximum absolute atomic E-state index is 13.7. The minimum Gasteiger partial charge on any atom is -0.497 e. The summed E-state index contributed by atoms with van der Waals surface area (Å²) in [5.41, 5.74) is -0.392. The molecule has 0 aliphatic carbocycles. The number of halogens is 5. The molecule has 3 aromatic carbocycles. The Balaban J connectivity index is 1.86. The van der Waals surface area contributed by atoms with Gasteiger partial charge < -0.3 is 14.6 Å². The van der Waals surface area contributed by atoms with Crippen LogP contribution in [0.1, 0.15) is 15.9 Å². The molecule has 180 valence electrons. The highest BCUT2D eigenvalue weighted by atomic mass is 35.5. The zero-order valence-corrected chi connectivity index (χ0v) is 19.3. The standard InChI is InChI=1S/C24H15Cl2F3N2O4/c1-34-18-5-2-13(3-6-18)19-12-31(17-10-15(25)9-16(26)11-17)30-22(19)35-21-7-4-14(23(32)33)8-20(21)24(27,28)29/h2-12H,1H3,(H,32,33). The summed E-state index contributed by atoms with van der Waals surface area (Å²) in [6, 6.07) is 13.9. The number of methoxy groups -OCH3 is 1. The summed E-state index contributed by atoms with van der Waals surface area (Å²) in [4.78, 5) is 11.2. The number of alkyl halides is 3. The highest BCUT2D eigenvalue weighted by molar-refractivity contribution is 6.34. The van der Waals surface area contributed by atoms with Gasteiger partial charge in [0.1, 0.15) is 11.5 Å². The SMILES string of the molecule is COc1ccc(-c2cn(-c3cc(Cl)cc(Cl)c3)nc2Oc2ccc(C(=O)O)cc2C(F)(F)F)cc1. The number of nitrogens with zero attached hydrogens (tertiary/aromatic N) is 2. The van der Waals surface area contributed by atoms with Crippen LogP contribution >= 0.6 is 23.2 Å². The number of hydrogen-bond donors (Lipinski definition) is 1. The summed E-state index contributed by atoms with van der Waals surface area (Å²) in [5, 5.41) is 14.1. The molecule has 0 bridgehead atoms. The Labute approximate surface area is 207 Å². The van der Waals surface area contributed by atoms with Crippen molar-refractivity contribution in [1.82, 2.24) is 9.78 Å². The number of ether oxygens (including phenoxy) is 2. The first kappa shape index (κ1) is 24.4. The van der Waals surface area contributed by atoms with Crippen molar-refractivity contribution in [3.05, 3.63) is 88.0 Å². The van der Waals surface area contributed by atoms with Gasteiger partial charge >= 0.3 is 12.1 Å². The van der Waals surface area contributed by atoms with E-state index in [9.17, 15) is 18.0 Å². The molecule has 11 heteroatoms. The van der Waals surface area contributed by atoms with E-state index in [4.69, 9.17) is 37.8 Å². The minimum atomic E-state index is -4.87. The second-order valence-corrected chi connectivity index (χ2v) is 8.14. The van der Waals surface area contributed by atoms with Crippen molar-refractivity contribution in [2.45, 2.75) is 6.18 Å². The van der Waals surface area contributed by atoms with Gasteiger partial charge in [-0.25, -0.2) is 9.48 Å². The van der Waals surface area contributed by atoms with Gasteiger partial charge in [0.15, 0.2) is 0 Å². The van der Waals surface area contributed by atoms with Crippen molar-refractivity contribution >= 4 is 29.2 Å². The van der Waals surface area contributed by atoms with Crippen LogP contribution in [0.5, 0.6) is 17.4 Å². The topological polar surface area (TPSA) is 73.6 Å². The molecule has 4 rings (SSSR count). The number of hydrogen-bond acceptors (Lipinski definition) is 4. The van der Waals surface area contributed by atoms with Crippen LogP contribution < -0.4 is 9.47 Å². The second-order valence-electron chi connectivity index (χ2n) is 7.26. The fraction of sp³-hybridized carbons (Fsp3) is 0.0833. The summed E-state index contributed by atoms with van der Waals surface area (Å²) in [6.45, 7) is 0. The van der Waals surface area contributed by atoms with Gasteiger partial charge in [-0.1, -0.05) is 35.3 Å². The normalized spacial score (nSPS) is 11.4. The van der Waals surface area contributed by atoms with Crippen molar-refractivity contribution in [3.8, 4) is 34.2 Å². The molecule has 0 aliphatic heterocycles. The first-order valence-electron chi connectivity index (χ1n) is 9.88. The second kappa shape index (κ2) is 9.52. The lowest BCUT2D eigenvalue weighted by Crippen LogP contribution is -2.10. The third-order valence-electron chi connectivity index (χ3n) is 4.93. The Bertz CT molecular complexity index is 1380. The Morgan fingerprint density at radius 3 is 2.23 bits per heavy atom. The maximum Gasteiger partial charge on any atom is 0.420 e. The molecule has 0 spiro atoms. The lowest BCUT2D eigenvalue weighted by atomic mass is 10.1. The Morgan fingerprint density at radius 2 is 1.66 bits per heavy atom. The minimum absolute atomic E-state index is 0.153. The molecule has 0 atom stereocenters. The maximum atomic E-state index is 13.7. The van der Waals surface area contributed by atoms with Crippen LogP contribution in [0, 0.1) is 0 Å². The van der Waals surface area contributed by atoms with E-state index in [0.717, 1.165) is 12.1 Å². The average Bonchev–Trinajstić information content (AvgIpc) is 3.21. The van der Waals surface area contributed by atoms with Gasteiger partial charge in [-0.3, -0.25) is 0 Å². The molecular formula is C24H15Cl2F3N2O4. The number of carbonyl (C=O) groups is 1. The van der Waals surface area contributed by atoms with E-state index in [2.05, 4.69) is 5.10 Å². The molecule has 1 N–H and O–H groups in total. The van der Waals surface area contributed by atoms with Crippen molar-refractivity contribution in [3.63, 3.8) is 0 Å².